The maximum atomic E-state index is 10.4. The molecule has 1 atom stereocenters. The van der Waals surface area contributed by atoms with Gasteiger partial charge in [0.15, 0.2) is 5.58 Å². The molecule has 1 N–H and O–H groups in total. The quantitative estimate of drug-likeness (QED) is 0.851. The van der Waals surface area contributed by atoms with E-state index in [1.807, 2.05) is 25.9 Å². The van der Waals surface area contributed by atoms with Gasteiger partial charge in [0.2, 0.25) is 0 Å². The van der Waals surface area contributed by atoms with E-state index in [1.54, 1.807) is 24.5 Å². The van der Waals surface area contributed by atoms with E-state index in [9.17, 15) is 9.59 Å². The Kier molecular flexibility index (Phi) is 7.08. The van der Waals surface area contributed by atoms with Gasteiger partial charge in [-0.15, -0.1) is 0 Å². The van der Waals surface area contributed by atoms with Crippen LogP contribution in [-0.2, 0) is 4.79 Å². The van der Waals surface area contributed by atoms with Crippen molar-refractivity contribution in [1.82, 2.24) is 4.90 Å². The second kappa shape index (κ2) is 8.56. The number of nitrogens with zero attached hydrogens (tertiary/aromatic N) is 1. The normalized spacial score (nSPS) is 11.9. The molecule has 120 valence electrons. The monoisotopic (exact) mass is 325 g/mol. The number of hydrogen-bond acceptors (Lipinski definition) is 4. The van der Waals surface area contributed by atoms with Gasteiger partial charge < -0.3 is 14.4 Å². The molecule has 0 radical (unpaired) electrons. The van der Waals surface area contributed by atoms with Crippen LogP contribution in [0.3, 0.4) is 0 Å². The zero-order chi connectivity index (χ0) is 16.7. The highest BCUT2D eigenvalue weighted by Gasteiger charge is 2.14. The largest absolute Gasteiger partial charge is 0.481 e. The third-order valence-corrected chi connectivity index (χ3v) is 3.37. The summed E-state index contributed by atoms with van der Waals surface area (Å²) in [5, 5.41) is 9.92. The molecule has 1 aromatic carbocycles. The molecule has 0 bridgehead atoms. The van der Waals surface area contributed by atoms with E-state index in [0.717, 1.165) is 11.7 Å². The first-order chi connectivity index (χ1) is 10.4. The Labute approximate surface area is 134 Å². The van der Waals surface area contributed by atoms with Crippen molar-refractivity contribution >= 4 is 34.8 Å². The van der Waals surface area contributed by atoms with Gasteiger partial charge in [0.25, 0.3) is 0 Å². The molecule has 0 fully saturated rings. The zero-order valence-electron chi connectivity index (χ0n) is 12.9. The summed E-state index contributed by atoms with van der Waals surface area (Å²) in [6.07, 6.45) is 3.01. The van der Waals surface area contributed by atoms with Crippen LogP contribution < -0.4 is 0 Å². The number of carboxylic acids is 1. The van der Waals surface area contributed by atoms with Crippen LogP contribution in [0.1, 0.15) is 23.7 Å². The summed E-state index contributed by atoms with van der Waals surface area (Å²) in [4.78, 5) is 22.8. The molecular weight excluding hydrogens is 306 g/mol. The highest BCUT2D eigenvalue weighted by molar-refractivity contribution is 6.35. The number of carbonyl (C=O) groups is 2. The molecule has 2 aromatic rings. The Balaban J connectivity index is 0.000000225. The molecule has 5 nitrogen and oxygen atoms in total. The Morgan fingerprint density at radius 1 is 1.45 bits per heavy atom. The average Bonchev–Trinajstić information content (AvgIpc) is 2.93. The van der Waals surface area contributed by atoms with Crippen LogP contribution in [0, 0.1) is 5.92 Å². The summed E-state index contributed by atoms with van der Waals surface area (Å²) in [6.45, 7) is 2.52. The van der Waals surface area contributed by atoms with E-state index in [1.165, 1.54) is 0 Å². The van der Waals surface area contributed by atoms with E-state index in [2.05, 4.69) is 0 Å². The van der Waals surface area contributed by atoms with E-state index in [-0.39, 0.29) is 5.92 Å². The molecule has 0 aliphatic carbocycles. The standard InChI is InChI=1S/C9H5ClO2.C7H15NO2/c10-8-4-6(5-11)3-7-1-2-12-9(7)8;1-4-6(7(9)10)5-8(2)3/h1-5H;6H,4-5H2,1-3H3,(H,9,10). The number of hydrogen-bond donors (Lipinski definition) is 1. The smallest absolute Gasteiger partial charge is 0.307 e. The number of fused-ring (bicyclic) bond motifs is 1. The van der Waals surface area contributed by atoms with Gasteiger partial charge in [-0.3, -0.25) is 9.59 Å². The molecule has 0 amide bonds. The second-order valence-electron chi connectivity index (χ2n) is 5.17. The molecule has 22 heavy (non-hydrogen) atoms. The fourth-order valence-corrected chi connectivity index (χ4v) is 2.23. The maximum Gasteiger partial charge on any atom is 0.307 e. The van der Waals surface area contributed by atoms with Crippen molar-refractivity contribution in [2.24, 2.45) is 5.92 Å². The predicted molar refractivity (Wildman–Crippen MR) is 86.6 cm³/mol. The van der Waals surface area contributed by atoms with Crippen LogP contribution in [0.4, 0.5) is 0 Å². The van der Waals surface area contributed by atoms with E-state index < -0.39 is 5.97 Å². The Morgan fingerprint density at radius 2 is 2.14 bits per heavy atom. The van der Waals surface area contributed by atoms with Crippen LogP contribution >= 0.6 is 11.6 Å². The lowest BCUT2D eigenvalue weighted by molar-refractivity contribution is -0.142. The summed E-state index contributed by atoms with van der Waals surface area (Å²) < 4.78 is 5.10. The van der Waals surface area contributed by atoms with Crippen LogP contribution in [0.25, 0.3) is 11.0 Å². The second-order valence-corrected chi connectivity index (χ2v) is 5.57. The fourth-order valence-electron chi connectivity index (χ4n) is 1.95. The third-order valence-electron chi connectivity index (χ3n) is 3.09. The minimum absolute atomic E-state index is 0.213. The van der Waals surface area contributed by atoms with Crippen LogP contribution in [-0.4, -0.2) is 42.9 Å². The topological polar surface area (TPSA) is 70.8 Å². The fraction of sp³-hybridized carbons (Fsp3) is 0.375. The number of aliphatic carboxylic acids is 1. The number of benzene rings is 1. The Hall–Kier alpha value is -1.85. The maximum absolute atomic E-state index is 10.4. The number of carbonyl (C=O) groups excluding carboxylic acids is 1. The van der Waals surface area contributed by atoms with Crippen molar-refractivity contribution in [3.8, 4) is 0 Å². The lowest BCUT2D eigenvalue weighted by Gasteiger charge is -2.14. The third kappa shape index (κ3) is 5.16. The highest BCUT2D eigenvalue weighted by Crippen LogP contribution is 2.25. The lowest BCUT2D eigenvalue weighted by atomic mass is 10.1. The molecule has 2 rings (SSSR count). The summed E-state index contributed by atoms with van der Waals surface area (Å²) >= 11 is 5.83. The van der Waals surface area contributed by atoms with Crippen molar-refractivity contribution in [3.05, 3.63) is 35.0 Å². The van der Waals surface area contributed by atoms with Gasteiger partial charge >= 0.3 is 5.97 Å². The van der Waals surface area contributed by atoms with Gasteiger partial charge in [-0.1, -0.05) is 18.5 Å². The Bertz CT molecular complexity index is 636. The summed E-state index contributed by atoms with van der Waals surface area (Å²) in [7, 11) is 3.76. The van der Waals surface area contributed by atoms with Crippen molar-refractivity contribution in [2.75, 3.05) is 20.6 Å². The molecule has 0 saturated heterocycles. The van der Waals surface area contributed by atoms with Gasteiger partial charge in [0.05, 0.1) is 17.2 Å². The molecular formula is C16H20ClNO4. The molecule has 1 heterocycles. The summed E-state index contributed by atoms with van der Waals surface area (Å²) in [5.74, 6) is -0.911. The lowest BCUT2D eigenvalue weighted by Crippen LogP contribution is -2.26. The van der Waals surface area contributed by atoms with Crippen molar-refractivity contribution in [1.29, 1.82) is 0 Å². The first-order valence-electron chi connectivity index (χ1n) is 6.88. The van der Waals surface area contributed by atoms with E-state index >= 15 is 0 Å². The van der Waals surface area contributed by atoms with Crippen molar-refractivity contribution in [3.63, 3.8) is 0 Å². The highest BCUT2D eigenvalue weighted by atomic mass is 35.5. The molecule has 0 aliphatic rings. The SMILES string of the molecule is CCC(CN(C)C)C(=O)O.O=Cc1cc(Cl)c2occc2c1. The van der Waals surface area contributed by atoms with Crippen LogP contribution in [0.5, 0.6) is 0 Å². The summed E-state index contributed by atoms with van der Waals surface area (Å²) in [6, 6.07) is 5.09. The first-order valence-corrected chi connectivity index (χ1v) is 7.26. The zero-order valence-corrected chi connectivity index (χ0v) is 13.6. The molecule has 0 aliphatic heterocycles. The average molecular weight is 326 g/mol. The number of carboxylic acid groups (broad SMARTS) is 1. The number of furan rings is 1. The minimum atomic E-state index is -0.698. The van der Waals surface area contributed by atoms with E-state index in [4.69, 9.17) is 21.1 Å². The minimum Gasteiger partial charge on any atom is -0.481 e. The van der Waals surface area contributed by atoms with Gasteiger partial charge in [0, 0.05) is 17.5 Å². The molecule has 0 saturated carbocycles. The molecule has 6 heteroatoms. The van der Waals surface area contributed by atoms with E-state index in [0.29, 0.717) is 29.1 Å². The van der Waals surface area contributed by atoms with Crippen LogP contribution in [0.15, 0.2) is 28.9 Å². The molecule has 1 unspecified atom stereocenters. The first kappa shape index (κ1) is 18.2. The number of rotatable bonds is 5. The molecule has 0 spiro atoms. The molecule has 1 aromatic heterocycles. The summed E-state index contributed by atoms with van der Waals surface area (Å²) in [5.41, 5.74) is 1.19. The van der Waals surface area contributed by atoms with Crippen LogP contribution in [0.2, 0.25) is 5.02 Å². The van der Waals surface area contributed by atoms with Gasteiger partial charge in [-0.25, -0.2) is 0 Å². The van der Waals surface area contributed by atoms with Gasteiger partial charge in [-0.2, -0.15) is 0 Å². The van der Waals surface area contributed by atoms with Gasteiger partial charge in [0.1, 0.15) is 6.29 Å². The Morgan fingerprint density at radius 3 is 2.59 bits per heavy atom. The number of aldehydes is 1. The van der Waals surface area contributed by atoms with Gasteiger partial charge in [-0.05, 0) is 38.7 Å². The van der Waals surface area contributed by atoms with Crippen molar-refractivity contribution < 1.29 is 19.1 Å². The van der Waals surface area contributed by atoms with Crippen molar-refractivity contribution in [2.45, 2.75) is 13.3 Å². The number of halogens is 1. The predicted octanol–water partition coefficient (Wildman–Crippen LogP) is 3.56.